The van der Waals surface area contributed by atoms with E-state index in [0.29, 0.717) is 58.4 Å². The van der Waals surface area contributed by atoms with Crippen molar-refractivity contribution in [1.82, 2.24) is 35.7 Å². The zero-order valence-corrected chi connectivity index (χ0v) is 24.5. The monoisotopic (exact) mass is 619 g/mol. The van der Waals surface area contributed by atoms with Gasteiger partial charge in [-0.1, -0.05) is 35.4 Å². The molecular weight excluding hydrogens is 593 g/mol. The summed E-state index contributed by atoms with van der Waals surface area (Å²) in [5, 5.41) is 29.5. The number of benzene rings is 2. The fourth-order valence-electron chi connectivity index (χ4n) is 4.47. The predicted molar refractivity (Wildman–Crippen MR) is 164 cm³/mol. The third kappa shape index (κ3) is 7.60. The number of tetrazole rings is 1. The van der Waals surface area contributed by atoms with Crippen LogP contribution < -0.4 is 16.0 Å². The second kappa shape index (κ2) is 14.0. The summed E-state index contributed by atoms with van der Waals surface area (Å²) in [5.41, 5.74) is 4.31. The lowest BCUT2D eigenvalue weighted by Gasteiger charge is -2.19. The molecule has 3 heterocycles. The van der Waals surface area contributed by atoms with Crippen LogP contribution in [0.5, 0.6) is 0 Å². The highest BCUT2D eigenvalue weighted by molar-refractivity contribution is 6.31. The third-order valence-electron chi connectivity index (χ3n) is 6.53. The van der Waals surface area contributed by atoms with Crippen molar-refractivity contribution in [2.45, 2.75) is 25.3 Å². The summed E-state index contributed by atoms with van der Waals surface area (Å²) in [6, 6.07) is 11.9. The fraction of sp³-hybridized carbons (Fsp3) is 0.207. The van der Waals surface area contributed by atoms with E-state index in [1.54, 1.807) is 43.5 Å². The summed E-state index contributed by atoms with van der Waals surface area (Å²) in [6.07, 6.45) is 9.49. The van der Waals surface area contributed by atoms with Crippen molar-refractivity contribution >= 4 is 52.5 Å². The van der Waals surface area contributed by atoms with Gasteiger partial charge in [0, 0.05) is 47.0 Å². The zero-order chi connectivity index (χ0) is 30.2. The molecule has 2 amide bonds. The van der Waals surface area contributed by atoms with Crippen LogP contribution in [0.3, 0.4) is 0 Å². The first-order chi connectivity index (χ1) is 20.9. The molecule has 2 aromatic carbocycles. The van der Waals surface area contributed by atoms with Crippen LogP contribution in [0.25, 0.3) is 23.0 Å². The number of fused-ring (bicyclic) bond motifs is 4. The molecule has 1 atom stereocenters. The first kappa shape index (κ1) is 29.8. The molecule has 0 saturated heterocycles. The minimum Gasteiger partial charge on any atom is -0.365 e. The number of amides is 2. The highest BCUT2D eigenvalue weighted by Gasteiger charge is 2.21. The van der Waals surface area contributed by atoms with E-state index >= 15 is 0 Å². The average molecular weight is 621 g/mol. The minimum absolute atomic E-state index is 0.145. The zero-order valence-electron chi connectivity index (χ0n) is 23.0. The Bertz CT molecular complexity index is 1680. The van der Waals surface area contributed by atoms with E-state index < -0.39 is 6.04 Å². The smallest absolute Gasteiger partial charge is 0.244 e. The number of methoxy groups -OCH3 is 1. The van der Waals surface area contributed by atoms with E-state index in [1.165, 1.54) is 17.1 Å². The SMILES string of the molecule is COCNc1ccc2c(c1)NC(=O)CC/C=C/CC(NC(=O)/C=C/c1cc(Cl)ccc1-n1cnnn1)c1cc-2nnc1Cl. The second-order valence-electron chi connectivity index (χ2n) is 9.49. The quantitative estimate of drug-likeness (QED) is 0.148. The van der Waals surface area contributed by atoms with Crippen LogP contribution in [0.4, 0.5) is 11.4 Å². The van der Waals surface area contributed by atoms with Crippen LogP contribution in [-0.4, -0.2) is 56.1 Å². The van der Waals surface area contributed by atoms with Gasteiger partial charge in [-0.2, -0.15) is 4.68 Å². The topological polar surface area (TPSA) is 149 Å². The number of rotatable bonds is 7. The summed E-state index contributed by atoms with van der Waals surface area (Å²) in [7, 11) is 1.58. The van der Waals surface area contributed by atoms with E-state index in [4.69, 9.17) is 27.9 Å². The highest BCUT2D eigenvalue weighted by Crippen LogP contribution is 2.33. The van der Waals surface area contributed by atoms with Crippen molar-refractivity contribution in [3.05, 3.63) is 88.3 Å². The summed E-state index contributed by atoms with van der Waals surface area (Å²) < 4.78 is 6.58. The Morgan fingerprint density at radius 2 is 2.05 bits per heavy atom. The maximum Gasteiger partial charge on any atom is 0.244 e. The number of carbonyl (C=O) groups is 2. The molecule has 43 heavy (non-hydrogen) atoms. The highest BCUT2D eigenvalue weighted by atomic mass is 35.5. The molecular formula is C29H27Cl2N9O3. The van der Waals surface area contributed by atoms with Gasteiger partial charge in [0.05, 0.1) is 23.1 Å². The number of nitrogens with one attached hydrogen (secondary N) is 3. The maximum absolute atomic E-state index is 13.2. The largest absolute Gasteiger partial charge is 0.365 e. The molecule has 0 aliphatic carbocycles. The number of carbonyl (C=O) groups excluding carboxylic acids is 2. The number of nitrogens with zero attached hydrogens (tertiary/aromatic N) is 6. The molecule has 5 rings (SSSR count). The van der Waals surface area contributed by atoms with Gasteiger partial charge >= 0.3 is 0 Å². The van der Waals surface area contributed by atoms with Crippen molar-refractivity contribution in [1.29, 1.82) is 0 Å². The van der Waals surface area contributed by atoms with Gasteiger partial charge in [-0.25, -0.2) is 0 Å². The van der Waals surface area contributed by atoms with E-state index in [0.717, 1.165) is 5.69 Å². The van der Waals surface area contributed by atoms with Crippen LogP contribution in [0.15, 0.2) is 67.0 Å². The number of aromatic nitrogens is 6. The maximum atomic E-state index is 13.2. The molecule has 12 nitrogen and oxygen atoms in total. The number of halogens is 2. The molecule has 1 aliphatic heterocycles. The Hall–Kier alpha value is -4.65. The molecule has 1 aliphatic rings. The summed E-state index contributed by atoms with van der Waals surface area (Å²) in [4.78, 5) is 26.0. The average Bonchev–Trinajstić information content (AvgIpc) is 3.53. The number of anilines is 2. The molecule has 0 fully saturated rings. The number of allylic oxidation sites excluding steroid dienone is 1. The number of ether oxygens (including phenoxy) is 1. The lowest BCUT2D eigenvalue weighted by molar-refractivity contribution is -0.117. The second-order valence-corrected chi connectivity index (χ2v) is 10.3. The van der Waals surface area contributed by atoms with Gasteiger partial charge in [0.15, 0.2) is 5.15 Å². The van der Waals surface area contributed by atoms with Gasteiger partial charge in [-0.15, -0.1) is 15.3 Å². The molecule has 2 aromatic heterocycles. The molecule has 0 saturated carbocycles. The van der Waals surface area contributed by atoms with Crippen LogP contribution in [0.1, 0.15) is 36.4 Å². The third-order valence-corrected chi connectivity index (χ3v) is 7.06. The minimum atomic E-state index is -0.538. The Morgan fingerprint density at radius 1 is 1.16 bits per heavy atom. The van der Waals surface area contributed by atoms with E-state index in [2.05, 4.69) is 41.7 Å². The summed E-state index contributed by atoms with van der Waals surface area (Å²) >= 11 is 12.8. The molecule has 14 heteroatoms. The van der Waals surface area contributed by atoms with E-state index in [-0.39, 0.29) is 23.4 Å². The summed E-state index contributed by atoms with van der Waals surface area (Å²) in [5.74, 6) is -0.515. The Morgan fingerprint density at radius 3 is 2.86 bits per heavy atom. The number of hydrogen-bond acceptors (Lipinski definition) is 9. The molecule has 1 unspecified atom stereocenters. The van der Waals surface area contributed by atoms with Crippen molar-refractivity contribution < 1.29 is 14.3 Å². The van der Waals surface area contributed by atoms with E-state index in [1.807, 2.05) is 24.3 Å². The molecule has 0 radical (unpaired) electrons. The van der Waals surface area contributed by atoms with Gasteiger partial charge in [-0.3, -0.25) is 9.59 Å². The Labute approximate surface area is 257 Å². The normalized spacial score (nSPS) is 15.9. The van der Waals surface area contributed by atoms with Gasteiger partial charge < -0.3 is 20.7 Å². The van der Waals surface area contributed by atoms with Gasteiger partial charge in [0.25, 0.3) is 0 Å². The van der Waals surface area contributed by atoms with Crippen molar-refractivity contribution in [2.24, 2.45) is 0 Å². The number of hydrogen-bond donors (Lipinski definition) is 3. The van der Waals surface area contributed by atoms with Crippen LogP contribution >= 0.6 is 23.2 Å². The lowest BCUT2D eigenvalue weighted by atomic mass is 10.0. The molecule has 0 spiro atoms. The molecule has 220 valence electrons. The van der Waals surface area contributed by atoms with Crippen LogP contribution in [-0.2, 0) is 14.3 Å². The van der Waals surface area contributed by atoms with Gasteiger partial charge in [-0.05, 0) is 71.8 Å². The standard InChI is InChI=1S/C29H27Cl2N9O3/c1-43-17-32-20-9-10-21-24(14-20)35-27(41)6-4-2-3-5-23(22-15-25(21)36-37-29(22)31)34-28(42)12-7-18-13-19(30)8-11-26(18)40-16-33-38-39-40/h2-3,7-16,23,32H,4-6,17H2,1H3,(H,34,42)(H,35,41)/b3-2+,12-7+. The van der Waals surface area contributed by atoms with Crippen LogP contribution in [0, 0.1) is 0 Å². The lowest BCUT2D eigenvalue weighted by Crippen LogP contribution is -2.27. The Kier molecular flexibility index (Phi) is 9.72. The summed E-state index contributed by atoms with van der Waals surface area (Å²) in [6.45, 7) is 0.300. The van der Waals surface area contributed by atoms with Gasteiger partial charge in [0.1, 0.15) is 13.1 Å². The fourth-order valence-corrected chi connectivity index (χ4v) is 4.87. The molecule has 4 aromatic rings. The van der Waals surface area contributed by atoms with Gasteiger partial charge in [0.2, 0.25) is 11.8 Å². The van der Waals surface area contributed by atoms with Crippen molar-refractivity contribution in [3.8, 4) is 16.9 Å². The van der Waals surface area contributed by atoms with Crippen molar-refractivity contribution in [3.63, 3.8) is 0 Å². The van der Waals surface area contributed by atoms with E-state index in [9.17, 15) is 9.59 Å². The Balaban J connectivity index is 1.46. The van der Waals surface area contributed by atoms with Crippen molar-refractivity contribution in [2.75, 3.05) is 24.5 Å². The molecule has 3 N–H and O–H groups in total. The van der Waals surface area contributed by atoms with Crippen LogP contribution in [0.2, 0.25) is 10.2 Å². The first-order valence-electron chi connectivity index (χ1n) is 13.3. The molecule has 2 bridgehead atoms. The predicted octanol–water partition coefficient (Wildman–Crippen LogP) is 4.99. The first-order valence-corrected chi connectivity index (χ1v) is 14.0.